The second-order valence-corrected chi connectivity index (χ2v) is 7.17. The highest BCUT2D eigenvalue weighted by molar-refractivity contribution is 7.19. The Morgan fingerprint density at radius 2 is 1.59 bits per heavy atom. The second kappa shape index (κ2) is 7.45. The molecule has 0 aliphatic rings. The Morgan fingerprint density at radius 1 is 0.926 bits per heavy atom. The molecule has 0 fully saturated rings. The Kier molecular flexibility index (Phi) is 4.69. The van der Waals surface area contributed by atoms with Crippen LogP contribution in [0.1, 0.15) is 10.6 Å². The SMILES string of the molecule is CN(c1ccccc1)c1ccc(/C=C(\C#N)c2nc3ccccc3s2)cc1. The molecule has 0 aliphatic heterocycles. The molecule has 0 unspecified atom stereocenters. The van der Waals surface area contributed by atoms with Crippen molar-refractivity contribution >= 4 is 44.6 Å². The highest BCUT2D eigenvalue weighted by atomic mass is 32.1. The molecule has 27 heavy (non-hydrogen) atoms. The van der Waals surface area contributed by atoms with E-state index in [2.05, 4.69) is 40.2 Å². The minimum atomic E-state index is 0.584. The van der Waals surface area contributed by atoms with Crippen molar-refractivity contribution in [1.29, 1.82) is 5.26 Å². The maximum atomic E-state index is 9.60. The molecule has 3 aromatic carbocycles. The molecule has 1 aromatic heterocycles. The van der Waals surface area contributed by atoms with Gasteiger partial charge in [0.2, 0.25) is 0 Å². The normalized spacial score (nSPS) is 11.3. The largest absolute Gasteiger partial charge is 0.345 e. The van der Waals surface area contributed by atoms with Crippen LogP contribution in [0.3, 0.4) is 0 Å². The van der Waals surface area contributed by atoms with Gasteiger partial charge >= 0.3 is 0 Å². The first-order valence-corrected chi connectivity index (χ1v) is 9.43. The lowest BCUT2D eigenvalue weighted by atomic mass is 10.1. The molecule has 0 bridgehead atoms. The number of rotatable bonds is 4. The quantitative estimate of drug-likeness (QED) is 0.407. The van der Waals surface area contributed by atoms with Gasteiger partial charge in [-0.3, -0.25) is 0 Å². The number of hydrogen-bond acceptors (Lipinski definition) is 4. The van der Waals surface area contributed by atoms with Crippen molar-refractivity contribution < 1.29 is 0 Å². The fourth-order valence-corrected chi connectivity index (χ4v) is 3.82. The Labute approximate surface area is 162 Å². The molecule has 0 radical (unpaired) electrons. The Morgan fingerprint density at radius 3 is 2.30 bits per heavy atom. The monoisotopic (exact) mass is 367 g/mol. The number of benzene rings is 3. The van der Waals surface area contributed by atoms with Gasteiger partial charge in [0.25, 0.3) is 0 Å². The van der Waals surface area contributed by atoms with E-state index in [0.29, 0.717) is 5.57 Å². The van der Waals surface area contributed by atoms with E-state index >= 15 is 0 Å². The molecule has 4 rings (SSSR count). The van der Waals surface area contributed by atoms with Gasteiger partial charge in [-0.05, 0) is 48.0 Å². The number of para-hydroxylation sites is 2. The first-order valence-electron chi connectivity index (χ1n) is 8.61. The van der Waals surface area contributed by atoms with Crippen LogP contribution < -0.4 is 4.90 Å². The van der Waals surface area contributed by atoms with E-state index < -0.39 is 0 Å². The summed E-state index contributed by atoms with van der Waals surface area (Å²) in [7, 11) is 2.04. The number of hydrogen-bond donors (Lipinski definition) is 0. The third kappa shape index (κ3) is 3.59. The minimum Gasteiger partial charge on any atom is -0.345 e. The van der Waals surface area contributed by atoms with Crippen molar-refractivity contribution in [3.8, 4) is 6.07 Å². The van der Waals surface area contributed by atoms with Crippen LogP contribution in [-0.4, -0.2) is 12.0 Å². The summed E-state index contributed by atoms with van der Waals surface area (Å²) in [6.07, 6.45) is 1.89. The van der Waals surface area contributed by atoms with Crippen molar-refractivity contribution in [2.75, 3.05) is 11.9 Å². The van der Waals surface area contributed by atoms with Gasteiger partial charge in [0.15, 0.2) is 0 Å². The summed E-state index contributed by atoms with van der Waals surface area (Å²) < 4.78 is 1.09. The van der Waals surface area contributed by atoms with Crippen LogP contribution in [0.4, 0.5) is 11.4 Å². The topological polar surface area (TPSA) is 39.9 Å². The first-order chi connectivity index (χ1) is 13.2. The van der Waals surface area contributed by atoms with E-state index in [-0.39, 0.29) is 0 Å². The molecule has 130 valence electrons. The van der Waals surface area contributed by atoms with E-state index in [9.17, 15) is 5.26 Å². The molecule has 1 heterocycles. The highest BCUT2D eigenvalue weighted by Crippen LogP contribution is 2.29. The van der Waals surface area contributed by atoms with Crippen molar-refractivity contribution in [3.05, 3.63) is 89.4 Å². The van der Waals surface area contributed by atoms with E-state index in [1.165, 1.54) is 0 Å². The predicted octanol–water partition coefficient (Wildman–Crippen LogP) is 6.13. The van der Waals surface area contributed by atoms with Gasteiger partial charge in [-0.15, -0.1) is 11.3 Å². The van der Waals surface area contributed by atoms with Gasteiger partial charge in [0.05, 0.1) is 15.8 Å². The van der Waals surface area contributed by atoms with Crippen LogP contribution in [0, 0.1) is 11.3 Å². The van der Waals surface area contributed by atoms with Crippen molar-refractivity contribution in [3.63, 3.8) is 0 Å². The number of anilines is 2. The molecule has 0 amide bonds. The maximum Gasteiger partial charge on any atom is 0.135 e. The average molecular weight is 367 g/mol. The molecule has 0 spiro atoms. The third-order valence-corrected chi connectivity index (χ3v) is 5.45. The average Bonchev–Trinajstić information content (AvgIpc) is 3.16. The second-order valence-electron chi connectivity index (χ2n) is 6.14. The Balaban J connectivity index is 1.62. The van der Waals surface area contributed by atoms with E-state index in [1.807, 2.05) is 67.7 Å². The number of thiazole rings is 1. The molecule has 0 saturated heterocycles. The van der Waals surface area contributed by atoms with Crippen molar-refractivity contribution in [2.24, 2.45) is 0 Å². The number of aromatic nitrogens is 1. The zero-order valence-electron chi connectivity index (χ0n) is 14.8. The van der Waals surface area contributed by atoms with Crippen LogP contribution in [0.5, 0.6) is 0 Å². The summed E-state index contributed by atoms with van der Waals surface area (Å²) in [6.45, 7) is 0. The van der Waals surface area contributed by atoms with Crippen LogP contribution >= 0.6 is 11.3 Å². The van der Waals surface area contributed by atoms with Gasteiger partial charge in [-0.1, -0.05) is 42.5 Å². The predicted molar refractivity (Wildman–Crippen MR) is 114 cm³/mol. The lowest BCUT2D eigenvalue weighted by molar-refractivity contribution is 1.21. The first kappa shape index (κ1) is 17.0. The zero-order valence-corrected chi connectivity index (χ0v) is 15.6. The lowest BCUT2D eigenvalue weighted by Crippen LogP contribution is -2.08. The number of nitriles is 1. The van der Waals surface area contributed by atoms with Gasteiger partial charge in [0.1, 0.15) is 11.1 Å². The smallest absolute Gasteiger partial charge is 0.135 e. The summed E-state index contributed by atoms with van der Waals surface area (Å²) in [5.74, 6) is 0. The maximum absolute atomic E-state index is 9.60. The minimum absolute atomic E-state index is 0.584. The van der Waals surface area contributed by atoms with Crippen LogP contribution in [0.15, 0.2) is 78.9 Å². The van der Waals surface area contributed by atoms with Gasteiger partial charge in [0, 0.05) is 18.4 Å². The Bertz CT molecular complexity index is 1100. The van der Waals surface area contributed by atoms with Gasteiger partial charge in [-0.2, -0.15) is 5.26 Å². The summed E-state index contributed by atoms with van der Waals surface area (Å²) >= 11 is 1.54. The molecule has 0 saturated carbocycles. The van der Waals surface area contributed by atoms with E-state index in [4.69, 9.17) is 0 Å². The number of allylic oxidation sites excluding steroid dienone is 1. The molecular formula is C23H17N3S. The molecule has 0 atom stereocenters. The highest BCUT2D eigenvalue weighted by Gasteiger charge is 2.09. The van der Waals surface area contributed by atoms with Crippen LogP contribution in [0.2, 0.25) is 0 Å². The lowest BCUT2D eigenvalue weighted by Gasteiger charge is -2.19. The molecule has 0 N–H and O–H groups in total. The third-order valence-electron chi connectivity index (χ3n) is 4.38. The summed E-state index contributed by atoms with van der Waals surface area (Å²) in [5, 5.41) is 10.4. The van der Waals surface area contributed by atoms with Gasteiger partial charge < -0.3 is 4.90 Å². The number of fused-ring (bicyclic) bond motifs is 1. The summed E-state index contributed by atoms with van der Waals surface area (Å²) in [5.41, 5.74) is 4.72. The van der Waals surface area contributed by atoms with Crippen molar-refractivity contribution in [2.45, 2.75) is 0 Å². The van der Waals surface area contributed by atoms with Gasteiger partial charge in [-0.25, -0.2) is 4.98 Å². The molecule has 3 nitrogen and oxygen atoms in total. The Hall–Kier alpha value is -3.42. The van der Waals surface area contributed by atoms with Crippen LogP contribution in [-0.2, 0) is 0 Å². The van der Waals surface area contributed by atoms with E-state index in [1.54, 1.807) is 11.3 Å². The van der Waals surface area contributed by atoms with E-state index in [0.717, 1.165) is 32.2 Å². The van der Waals surface area contributed by atoms with Crippen molar-refractivity contribution in [1.82, 2.24) is 4.98 Å². The number of nitrogens with zero attached hydrogens (tertiary/aromatic N) is 3. The zero-order chi connectivity index (χ0) is 18.6. The fraction of sp³-hybridized carbons (Fsp3) is 0.0435. The van der Waals surface area contributed by atoms with Crippen LogP contribution in [0.25, 0.3) is 21.9 Å². The summed E-state index contributed by atoms with van der Waals surface area (Å²) in [4.78, 5) is 6.72. The fourth-order valence-electron chi connectivity index (χ4n) is 2.89. The molecular weight excluding hydrogens is 350 g/mol. The molecule has 4 aromatic rings. The molecule has 0 aliphatic carbocycles. The molecule has 4 heteroatoms. The summed E-state index contributed by atoms with van der Waals surface area (Å²) in [6, 6.07) is 28.6. The standard InChI is InChI=1S/C23H17N3S/c1-26(19-7-3-2-4-8-19)20-13-11-17(12-14-20)15-18(16-24)23-25-21-9-5-6-10-22(21)27-23/h2-15H,1H3/b18-15+.